The standard InChI is InChI=1S/C26H33N3O4/c30-26(31)24(22-7-3-8-23-21(22)12-16-33-23)29-14-11-20(17-29)32-15-2-1-6-19-10-9-18-5-4-13-27-25(18)28-19/h3,7-10,20,24H,1-2,4-6,11-17H2,(H,27,28)(H,30,31)/t20-,24+/m1/s1. The molecule has 0 bridgehead atoms. The largest absolute Gasteiger partial charge is 0.493 e. The molecule has 0 aliphatic carbocycles. The van der Waals surface area contributed by atoms with Crippen LogP contribution in [0.25, 0.3) is 0 Å². The second kappa shape index (κ2) is 10.1. The van der Waals surface area contributed by atoms with Crippen molar-refractivity contribution < 1.29 is 19.4 Å². The third-order valence-corrected chi connectivity index (χ3v) is 6.98. The van der Waals surface area contributed by atoms with E-state index in [1.165, 1.54) is 12.0 Å². The molecule has 0 radical (unpaired) electrons. The van der Waals surface area contributed by atoms with Crippen molar-refractivity contribution in [3.05, 3.63) is 52.7 Å². The zero-order valence-corrected chi connectivity index (χ0v) is 19.1. The van der Waals surface area contributed by atoms with Crippen LogP contribution in [0.1, 0.15) is 54.1 Å². The second-order valence-electron chi connectivity index (χ2n) is 9.24. The van der Waals surface area contributed by atoms with E-state index in [-0.39, 0.29) is 6.10 Å². The number of ether oxygens (including phenoxy) is 2. The van der Waals surface area contributed by atoms with Crippen molar-refractivity contribution in [1.82, 2.24) is 9.88 Å². The van der Waals surface area contributed by atoms with Crippen LogP contribution in [-0.4, -0.2) is 59.9 Å². The average Bonchev–Trinajstić information content (AvgIpc) is 3.49. The summed E-state index contributed by atoms with van der Waals surface area (Å²) >= 11 is 0. The van der Waals surface area contributed by atoms with Crippen LogP contribution in [0.3, 0.4) is 0 Å². The van der Waals surface area contributed by atoms with Gasteiger partial charge in [-0.2, -0.15) is 0 Å². The maximum atomic E-state index is 12.2. The highest BCUT2D eigenvalue weighted by molar-refractivity contribution is 5.77. The molecular formula is C26H33N3O4. The van der Waals surface area contributed by atoms with Crippen molar-refractivity contribution >= 4 is 11.8 Å². The number of carbonyl (C=O) groups is 1. The summed E-state index contributed by atoms with van der Waals surface area (Å²) in [6.07, 6.45) is 7.00. The fourth-order valence-corrected chi connectivity index (χ4v) is 5.28. The second-order valence-corrected chi connectivity index (χ2v) is 9.24. The van der Waals surface area contributed by atoms with Crippen molar-refractivity contribution in [3.63, 3.8) is 0 Å². The zero-order chi connectivity index (χ0) is 22.6. The van der Waals surface area contributed by atoms with E-state index < -0.39 is 12.0 Å². The molecule has 176 valence electrons. The molecule has 7 nitrogen and oxygen atoms in total. The summed E-state index contributed by atoms with van der Waals surface area (Å²) in [5.74, 6) is 1.09. The minimum Gasteiger partial charge on any atom is -0.493 e. The number of pyridine rings is 1. The van der Waals surface area contributed by atoms with Crippen LogP contribution in [0.5, 0.6) is 5.75 Å². The van der Waals surface area contributed by atoms with E-state index in [1.54, 1.807) is 0 Å². The third-order valence-electron chi connectivity index (χ3n) is 6.98. The minimum atomic E-state index is -0.803. The summed E-state index contributed by atoms with van der Waals surface area (Å²) in [5.41, 5.74) is 4.37. The van der Waals surface area contributed by atoms with Crippen LogP contribution in [0, 0.1) is 0 Å². The molecule has 1 aromatic heterocycles. The number of nitrogens with one attached hydrogen (secondary N) is 1. The number of nitrogens with zero attached hydrogens (tertiary/aromatic N) is 2. The van der Waals surface area contributed by atoms with Gasteiger partial charge in [0.05, 0.1) is 12.7 Å². The van der Waals surface area contributed by atoms with Crippen molar-refractivity contribution in [1.29, 1.82) is 0 Å². The number of anilines is 1. The maximum Gasteiger partial charge on any atom is 0.325 e. The van der Waals surface area contributed by atoms with Crippen LogP contribution in [-0.2, 0) is 28.8 Å². The van der Waals surface area contributed by atoms with E-state index in [0.29, 0.717) is 19.8 Å². The highest BCUT2D eigenvalue weighted by Crippen LogP contribution is 2.35. The first-order valence-electron chi connectivity index (χ1n) is 12.2. The minimum absolute atomic E-state index is 0.0888. The van der Waals surface area contributed by atoms with Gasteiger partial charge in [0, 0.05) is 43.9 Å². The molecule has 1 aromatic carbocycles. The Morgan fingerprint density at radius 2 is 2.21 bits per heavy atom. The number of fused-ring (bicyclic) bond motifs is 2. The van der Waals surface area contributed by atoms with Gasteiger partial charge in [-0.15, -0.1) is 0 Å². The molecule has 2 aromatic rings. The number of aryl methyl sites for hydroxylation is 2. The Labute approximate surface area is 195 Å². The Hall–Kier alpha value is -2.64. The van der Waals surface area contributed by atoms with Crippen LogP contribution >= 0.6 is 0 Å². The number of carboxylic acid groups (broad SMARTS) is 1. The van der Waals surface area contributed by atoms with Gasteiger partial charge in [-0.3, -0.25) is 9.69 Å². The molecule has 3 aliphatic rings. The number of unbranched alkanes of at least 4 members (excludes halogenated alkanes) is 1. The Morgan fingerprint density at radius 3 is 3.12 bits per heavy atom. The molecule has 2 N–H and O–H groups in total. The number of likely N-dealkylation sites (tertiary alicyclic amines) is 1. The van der Waals surface area contributed by atoms with Crippen LogP contribution in [0.2, 0.25) is 0 Å². The van der Waals surface area contributed by atoms with E-state index in [2.05, 4.69) is 17.4 Å². The van der Waals surface area contributed by atoms with Crippen molar-refractivity contribution in [2.45, 2.75) is 57.1 Å². The molecule has 0 unspecified atom stereocenters. The van der Waals surface area contributed by atoms with Gasteiger partial charge in [-0.05, 0) is 61.8 Å². The van der Waals surface area contributed by atoms with E-state index in [0.717, 1.165) is 80.0 Å². The van der Waals surface area contributed by atoms with Gasteiger partial charge in [-0.25, -0.2) is 4.98 Å². The van der Waals surface area contributed by atoms with Crippen molar-refractivity contribution in [2.24, 2.45) is 0 Å². The molecular weight excluding hydrogens is 418 g/mol. The Morgan fingerprint density at radius 1 is 1.27 bits per heavy atom. The number of hydrogen-bond acceptors (Lipinski definition) is 6. The van der Waals surface area contributed by atoms with Crippen LogP contribution < -0.4 is 10.1 Å². The summed E-state index contributed by atoms with van der Waals surface area (Å²) in [6, 6.07) is 9.48. The molecule has 33 heavy (non-hydrogen) atoms. The summed E-state index contributed by atoms with van der Waals surface area (Å²) < 4.78 is 11.8. The Kier molecular flexibility index (Phi) is 6.78. The fraction of sp³-hybridized carbons (Fsp3) is 0.538. The molecule has 3 aliphatic heterocycles. The quantitative estimate of drug-likeness (QED) is 0.564. The molecule has 1 saturated heterocycles. The number of carboxylic acids is 1. The topological polar surface area (TPSA) is 83.9 Å². The molecule has 5 rings (SSSR count). The molecule has 0 saturated carbocycles. The molecule has 7 heteroatoms. The SMILES string of the molecule is O=C(O)[C@H](c1cccc2c1CCO2)N1CC[C@@H](OCCCCc2ccc3c(n2)NCCC3)C1. The number of benzene rings is 1. The van der Waals surface area contributed by atoms with E-state index in [4.69, 9.17) is 14.5 Å². The third kappa shape index (κ3) is 4.99. The predicted molar refractivity (Wildman–Crippen MR) is 126 cm³/mol. The lowest BCUT2D eigenvalue weighted by Gasteiger charge is -2.26. The van der Waals surface area contributed by atoms with E-state index in [9.17, 15) is 9.90 Å². The lowest BCUT2D eigenvalue weighted by Crippen LogP contribution is -2.34. The molecule has 1 fully saturated rings. The smallest absolute Gasteiger partial charge is 0.325 e. The molecule has 0 amide bonds. The van der Waals surface area contributed by atoms with E-state index in [1.807, 2.05) is 23.1 Å². The highest BCUT2D eigenvalue weighted by atomic mass is 16.5. The van der Waals surface area contributed by atoms with Gasteiger partial charge in [0.25, 0.3) is 0 Å². The number of rotatable bonds is 9. The zero-order valence-electron chi connectivity index (χ0n) is 19.1. The summed E-state index contributed by atoms with van der Waals surface area (Å²) in [4.78, 5) is 19.0. The van der Waals surface area contributed by atoms with Crippen LogP contribution in [0.15, 0.2) is 30.3 Å². The van der Waals surface area contributed by atoms with Gasteiger partial charge in [-0.1, -0.05) is 18.2 Å². The van der Waals surface area contributed by atoms with Gasteiger partial charge >= 0.3 is 5.97 Å². The summed E-state index contributed by atoms with van der Waals surface area (Å²) in [5, 5.41) is 13.4. The normalized spacial score (nSPS) is 20.5. The summed E-state index contributed by atoms with van der Waals surface area (Å²) in [6.45, 7) is 3.73. The van der Waals surface area contributed by atoms with Gasteiger partial charge < -0.3 is 19.9 Å². The van der Waals surface area contributed by atoms with Gasteiger partial charge in [0.1, 0.15) is 17.6 Å². The Bertz CT molecular complexity index is 995. The van der Waals surface area contributed by atoms with Gasteiger partial charge in [0.2, 0.25) is 0 Å². The fourth-order valence-electron chi connectivity index (χ4n) is 5.28. The number of aliphatic carboxylic acids is 1. The first kappa shape index (κ1) is 22.2. The number of aromatic nitrogens is 1. The lowest BCUT2D eigenvalue weighted by atomic mass is 9.97. The summed E-state index contributed by atoms with van der Waals surface area (Å²) in [7, 11) is 0. The van der Waals surface area contributed by atoms with Crippen molar-refractivity contribution in [3.8, 4) is 5.75 Å². The molecule has 4 heterocycles. The molecule has 0 spiro atoms. The monoisotopic (exact) mass is 451 g/mol. The first-order chi connectivity index (χ1) is 16.2. The Balaban J connectivity index is 1.09. The van der Waals surface area contributed by atoms with Crippen LogP contribution in [0.4, 0.5) is 5.82 Å². The van der Waals surface area contributed by atoms with E-state index >= 15 is 0 Å². The maximum absolute atomic E-state index is 12.2. The first-order valence-corrected chi connectivity index (χ1v) is 12.2. The molecule has 2 atom stereocenters. The lowest BCUT2D eigenvalue weighted by molar-refractivity contribution is -0.143. The highest BCUT2D eigenvalue weighted by Gasteiger charge is 2.36. The van der Waals surface area contributed by atoms with Gasteiger partial charge in [0.15, 0.2) is 0 Å². The predicted octanol–water partition coefficient (Wildman–Crippen LogP) is 3.61. The van der Waals surface area contributed by atoms with Crippen molar-refractivity contribution in [2.75, 3.05) is 38.2 Å². The number of hydrogen-bond donors (Lipinski definition) is 2. The average molecular weight is 452 g/mol.